The van der Waals surface area contributed by atoms with E-state index in [1.54, 1.807) is 39.0 Å². The number of rotatable bonds is 8. The molecule has 2 rings (SSSR count). The molecule has 0 spiro atoms. The molecular weight excluding hydrogens is 386 g/mol. The highest BCUT2D eigenvalue weighted by molar-refractivity contribution is 5.98. The molecule has 1 aromatic heterocycles. The first kappa shape index (κ1) is 23.4. The summed E-state index contributed by atoms with van der Waals surface area (Å²) in [5.74, 6) is -0.361. The third-order valence-electron chi connectivity index (χ3n) is 4.40. The number of nitrogens with one attached hydrogen (secondary N) is 3. The number of anilines is 1. The third-order valence-corrected chi connectivity index (χ3v) is 4.40. The summed E-state index contributed by atoms with van der Waals surface area (Å²) < 4.78 is 10.5. The van der Waals surface area contributed by atoms with Crippen molar-refractivity contribution in [2.24, 2.45) is 0 Å². The summed E-state index contributed by atoms with van der Waals surface area (Å²) in [4.78, 5) is 36.7. The molecule has 3 N–H and O–H groups in total. The van der Waals surface area contributed by atoms with Crippen molar-refractivity contribution < 1.29 is 18.7 Å². The van der Waals surface area contributed by atoms with E-state index in [1.807, 2.05) is 14.0 Å². The molecule has 1 aromatic carbocycles. The predicted molar refractivity (Wildman–Crippen MR) is 117 cm³/mol. The van der Waals surface area contributed by atoms with Gasteiger partial charge in [0.15, 0.2) is 0 Å². The van der Waals surface area contributed by atoms with E-state index in [4.69, 9.17) is 9.15 Å². The Morgan fingerprint density at radius 2 is 1.90 bits per heavy atom. The Hall–Kier alpha value is -2.87. The summed E-state index contributed by atoms with van der Waals surface area (Å²) in [6, 6.07) is 5.79. The van der Waals surface area contributed by atoms with Crippen LogP contribution < -0.4 is 21.6 Å². The van der Waals surface area contributed by atoms with Gasteiger partial charge in [0.25, 0.3) is 0 Å². The molecule has 0 fully saturated rings. The standard InChI is InChI=1S/C22H31N3O5/c1-14-12-19(26)29-18-13-15(9-10-16(14)18)24-20(27)17(8-6-7-11-23-5)25-21(28)30-22(2,3)4/h9-10,12-13,17,23H,6-8,11H2,1-5H3,(H,24,27)(H,25,28). The van der Waals surface area contributed by atoms with Gasteiger partial charge < -0.3 is 25.1 Å². The van der Waals surface area contributed by atoms with E-state index in [0.717, 1.165) is 30.3 Å². The van der Waals surface area contributed by atoms with Crippen LogP contribution in [-0.4, -0.2) is 37.2 Å². The summed E-state index contributed by atoms with van der Waals surface area (Å²) in [5.41, 5.74) is 0.562. The van der Waals surface area contributed by atoms with Crippen molar-refractivity contribution in [2.45, 2.75) is 58.6 Å². The molecule has 8 heteroatoms. The Balaban J connectivity index is 2.14. The molecular formula is C22H31N3O5. The summed E-state index contributed by atoms with van der Waals surface area (Å²) in [5, 5.41) is 9.31. The quantitative estimate of drug-likeness (QED) is 0.449. The van der Waals surface area contributed by atoms with Gasteiger partial charge in [0.1, 0.15) is 17.2 Å². The Morgan fingerprint density at radius 1 is 1.17 bits per heavy atom. The Morgan fingerprint density at radius 3 is 2.57 bits per heavy atom. The van der Waals surface area contributed by atoms with Crippen molar-refractivity contribution in [1.29, 1.82) is 0 Å². The molecule has 0 radical (unpaired) electrons. The highest BCUT2D eigenvalue weighted by atomic mass is 16.6. The average Bonchev–Trinajstić information content (AvgIpc) is 2.62. The maximum absolute atomic E-state index is 12.9. The van der Waals surface area contributed by atoms with Gasteiger partial charge in [0.05, 0.1) is 0 Å². The van der Waals surface area contributed by atoms with Crippen molar-refractivity contribution in [2.75, 3.05) is 18.9 Å². The van der Waals surface area contributed by atoms with Crippen molar-refractivity contribution in [3.05, 3.63) is 40.2 Å². The van der Waals surface area contributed by atoms with Crippen LogP contribution in [0.1, 0.15) is 45.6 Å². The Kier molecular flexibility index (Phi) is 8.00. The van der Waals surface area contributed by atoms with Gasteiger partial charge >= 0.3 is 11.7 Å². The second-order valence-corrected chi connectivity index (χ2v) is 8.25. The first-order valence-electron chi connectivity index (χ1n) is 10.1. The molecule has 0 aliphatic heterocycles. The zero-order valence-electron chi connectivity index (χ0n) is 18.3. The molecule has 0 aliphatic rings. The molecule has 0 bridgehead atoms. The molecule has 1 heterocycles. The van der Waals surface area contributed by atoms with Crippen molar-refractivity contribution in [3.8, 4) is 0 Å². The number of benzene rings is 1. The highest BCUT2D eigenvalue weighted by Crippen LogP contribution is 2.21. The number of carbonyl (C=O) groups is 2. The number of unbranched alkanes of at least 4 members (excludes halogenated alkanes) is 1. The number of carbonyl (C=O) groups excluding carboxylic acids is 2. The fourth-order valence-electron chi connectivity index (χ4n) is 3.00. The molecule has 0 saturated carbocycles. The van der Waals surface area contributed by atoms with Gasteiger partial charge in [-0.1, -0.05) is 0 Å². The van der Waals surface area contributed by atoms with Crippen LogP contribution in [0.15, 0.2) is 33.5 Å². The minimum atomic E-state index is -0.753. The van der Waals surface area contributed by atoms with E-state index in [9.17, 15) is 14.4 Å². The molecule has 164 valence electrons. The summed E-state index contributed by atoms with van der Waals surface area (Å²) in [7, 11) is 1.86. The van der Waals surface area contributed by atoms with Gasteiger partial charge in [-0.2, -0.15) is 0 Å². The maximum atomic E-state index is 12.9. The van der Waals surface area contributed by atoms with Crippen LogP contribution in [0.3, 0.4) is 0 Å². The van der Waals surface area contributed by atoms with Crippen LogP contribution in [-0.2, 0) is 9.53 Å². The molecule has 2 amide bonds. The number of ether oxygens (including phenoxy) is 1. The van der Waals surface area contributed by atoms with Gasteiger partial charge in [-0.05, 0) is 78.2 Å². The largest absolute Gasteiger partial charge is 0.444 e. The Labute approximate surface area is 176 Å². The average molecular weight is 418 g/mol. The molecule has 1 unspecified atom stereocenters. The topological polar surface area (TPSA) is 110 Å². The third kappa shape index (κ3) is 7.18. The summed E-state index contributed by atoms with van der Waals surface area (Å²) >= 11 is 0. The lowest BCUT2D eigenvalue weighted by molar-refractivity contribution is -0.118. The highest BCUT2D eigenvalue weighted by Gasteiger charge is 2.24. The molecule has 0 aliphatic carbocycles. The molecule has 0 saturated heterocycles. The van der Waals surface area contributed by atoms with Crippen molar-refractivity contribution in [3.63, 3.8) is 0 Å². The van der Waals surface area contributed by atoms with Gasteiger partial charge in [0, 0.05) is 23.2 Å². The van der Waals surface area contributed by atoms with Gasteiger partial charge in [-0.3, -0.25) is 4.79 Å². The van der Waals surface area contributed by atoms with Crippen LogP contribution in [0, 0.1) is 6.92 Å². The van der Waals surface area contributed by atoms with Gasteiger partial charge in [0.2, 0.25) is 5.91 Å². The minimum absolute atomic E-state index is 0.361. The van der Waals surface area contributed by atoms with E-state index in [0.29, 0.717) is 17.7 Å². The fourth-order valence-corrected chi connectivity index (χ4v) is 3.00. The maximum Gasteiger partial charge on any atom is 0.408 e. The van der Waals surface area contributed by atoms with Crippen LogP contribution in [0.5, 0.6) is 0 Å². The number of alkyl carbamates (subject to hydrolysis) is 1. The van der Waals surface area contributed by atoms with E-state index in [-0.39, 0.29) is 5.91 Å². The van der Waals surface area contributed by atoms with Crippen LogP contribution >= 0.6 is 0 Å². The van der Waals surface area contributed by atoms with E-state index < -0.39 is 23.4 Å². The zero-order valence-corrected chi connectivity index (χ0v) is 18.3. The SMILES string of the molecule is CNCCCCC(NC(=O)OC(C)(C)C)C(=O)Nc1ccc2c(C)cc(=O)oc2c1. The van der Waals surface area contributed by atoms with Gasteiger partial charge in [-0.25, -0.2) is 9.59 Å². The summed E-state index contributed by atoms with van der Waals surface area (Å²) in [6.45, 7) is 7.94. The second kappa shape index (κ2) is 10.2. The zero-order chi connectivity index (χ0) is 22.3. The van der Waals surface area contributed by atoms with Crippen LogP contribution in [0.25, 0.3) is 11.0 Å². The summed E-state index contributed by atoms with van der Waals surface area (Å²) in [6.07, 6.45) is 1.45. The minimum Gasteiger partial charge on any atom is -0.444 e. The molecule has 1 atom stereocenters. The lowest BCUT2D eigenvalue weighted by Gasteiger charge is -2.23. The fraction of sp³-hybridized carbons (Fsp3) is 0.500. The Bertz CT molecular complexity index is 946. The molecule has 8 nitrogen and oxygen atoms in total. The second-order valence-electron chi connectivity index (χ2n) is 8.25. The molecule has 2 aromatic rings. The van der Waals surface area contributed by atoms with Crippen LogP contribution in [0.4, 0.5) is 10.5 Å². The number of aryl methyl sites for hydroxylation is 1. The van der Waals surface area contributed by atoms with Gasteiger partial charge in [-0.15, -0.1) is 0 Å². The lowest BCUT2D eigenvalue weighted by Crippen LogP contribution is -2.45. The monoisotopic (exact) mass is 417 g/mol. The van der Waals surface area contributed by atoms with Crippen molar-refractivity contribution in [1.82, 2.24) is 10.6 Å². The van der Waals surface area contributed by atoms with E-state index in [1.165, 1.54) is 6.07 Å². The number of amides is 2. The normalized spacial score (nSPS) is 12.4. The number of fused-ring (bicyclic) bond motifs is 1. The molecule has 30 heavy (non-hydrogen) atoms. The number of hydrogen-bond donors (Lipinski definition) is 3. The first-order valence-corrected chi connectivity index (χ1v) is 10.1. The number of hydrogen-bond acceptors (Lipinski definition) is 6. The van der Waals surface area contributed by atoms with E-state index >= 15 is 0 Å². The lowest BCUT2D eigenvalue weighted by atomic mass is 10.1. The van der Waals surface area contributed by atoms with E-state index in [2.05, 4.69) is 16.0 Å². The van der Waals surface area contributed by atoms with Crippen LogP contribution in [0.2, 0.25) is 0 Å². The van der Waals surface area contributed by atoms with Crippen molar-refractivity contribution >= 4 is 28.7 Å². The first-order chi connectivity index (χ1) is 14.1. The smallest absolute Gasteiger partial charge is 0.408 e. The predicted octanol–water partition coefficient (Wildman–Crippen LogP) is 3.32.